The van der Waals surface area contributed by atoms with Crippen molar-refractivity contribution < 1.29 is 13.9 Å². The summed E-state index contributed by atoms with van der Waals surface area (Å²) in [5.74, 6) is 0.384. The van der Waals surface area contributed by atoms with E-state index in [4.69, 9.17) is 4.74 Å². The number of carbonyl (C=O) groups excluding carboxylic acids is 1. The molecule has 1 amide bonds. The molecule has 1 aromatic heterocycles. The Labute approximate surface area is 158 Å². The zero-order chi connectivity index (χ0) is 19.1. The standard InChI is InChI=1S/C20H25FN4O2/c1-27-11-3-9-22-19(26)16-4-2-10-25(14-16)20-23-12-17(13-24-20)15-5-7-18(21)8-6-15/h5-8,12-13,16H,2-4,9-11,14H2,1H3,(H,22,26)/t16-/m1/s1. The molecule has 144 valence electrons. The van der Waals surface area contributed by atoms with Gasteiger partial charge in [0, 0.05) is 51.3 Å². The highest BCUT2D eigenvalue weighted by molar-refractivity contribution is 5.79. The van der Waals surface area contributed by atoms with Crippen LogP contribution in [0, 0.1) is 11.7 Å². The number of methoxy groups -OCH3 is 1. The number of hydrogen-bond donors (Lipinski definition) is 1. The van der Waals surface area contributed by atoms with E-state index in [-0.39, 0.29) is 17.6 Å². The second-order valence-electron chi connectivity index (χ2n) is 6.70. The van der Waals surface area contributed by atoms with Gasteiger partial charge < -0.3 is 15.0 Å². The predicted octanol–water partition coefficient (Wildman–Crippen LogP) is 2.65. The summed E-state index contributed by atoms with van der Waals surface area (Å²) in [6, 6.07) is 6.25. The lowest BCUT2D eigenvalue weighted by molar-refractivity contribution is -0.125. The second kappa shape index (κ2) is 9.41. The average Bonchev–Trinajstić information content (AvgIpc) is 2.72. The average molecular weight is 372 g/mol. The van der Waals surface area contributed by atoms with Crippen LogP contribution in [0.25, 0.3) is 11.1 Å². The van der Waals surface area contributed by atoms with E-state index in [9.17, 15) is 9.18 Å². The topological polar surface area (TPSA) is 67.3 Å². The Morgan fingerprint density at radius 1 is 1.26 bits per heavy atom. The minimum absolute atomic E-state index is 0.0540. The first-order valence-electron chi connectivity index (χ1n) is 9.27. The fourth-order valence-corrected chi connectivity index (χ4v) is 3.22. The first-order chi connectivity index (χ1) is 13.2. The molecule has 1 aliphatic rings. The molecule has 0 bridgehead atoms. The lowest BCUT2D eigenvalue weighted by Crippen LogP contribution is -2.44. The Hall–Kier alpha value is -2.54. The Morgan fingerprint density at radius 3 is 2.70 bits per heavy atom. The van der Waals surface area contributed by atoms with Gasteiger partial charge in [-0.1, -0.05) is 12.1 Å². The van der Waals surface area contributed by atoms with Gasteiger partial charge >= 0.3 is 0 Å². The quantitative estimate of drug-likeness (QED) is 0.757. The zero-order valence-corrected chi connectivity index (χ0v) is 15.5. The van der Waals surface area contributed by atoms with Crippen LogP contribution in [0.3, 0.4) is 0 Å². The van der Waals surface area contributed by atoms with Crippen LogP contribution in [0.1, 0.15) is 19.3 Å². The molecule has 0 unspecified atom stereocenters. The van der Waals surface area contributed by atoms with Crippen molar-refractivity contribution in [3.05, 3.63) is 42.5 Å². The number of rotatable bonds is 7. The summed E-state index contributed by atoms with van der Waals surface area (Å²) in [4.78, 5) is 23.3. The number of aromatic nitrogens is 2. The van der Waals surface area contributed by atoms with E-state index in [1.54, 1.807) is 31.6 Å². The summed E-state index contributed by atoms with van der Waals surface area (Å²) in [5.41, 5.74) is 1.71. The summed E-state index contributed by atoms with van der Waals surface area (Å²) >= 11 is 0. The van der Waals surface area contributed by atoms with Crippen LogP contribution >= 0.6 is 0 Å². The maximum absolute atomic E-state index is 13.1. The van der Waals surface area contributed by atoms with Crippen molar-refractivity contribution in [2.24, 2.45) is 5.92 Å². The Balaban J connectivity index is 1.59. The number of ether oxygens (including phenoxy) is 1. The van der Waals surface area contributed by atoms with Crippen LogP contribution in [-0.2, 0) is 9.53 Å². The number of piperidine rings is 1. The lowest BCUT2D eigenvalue weighted by Gasteiger charge is -2.32. The van der Waals surface area contributed by atoms with Crippen LogP contribution < -0.4 is 10.2 Å². The van der Waals surface area contributed by atoms with Gasteiger partial charge in [-0.2, -0.15) is 0 Å². The Morgan fingerprint density at radius 2 is 2.00 bits per heavy atom. The molecule has 27 heavy (non-hydrogen) atoms. The van der Waals surface area contributed by atoms with Crippen molar-refractivity contribution in [3.63, 3.8) is 0 Å². The number of hydrogen-bond acceptors (Lipinski definition) is 5. The fraction of sp³-hybridized carbons (Fsp3) is 0.450. The highest BCUT2D eigenvalue weighted by Crippen LogP contribution is 2.23. The molecule has 2 heterocycles. The van der Waals surface area contributed by atoms with E-state index in [0.717, 1.165) is 36.9 Å². The summed E-state index contributed by atoms with van der Waals surface area (Å²) < 4.78 is 18.0. The summed E-state index contributed by atoms with van der Waals surface area (Å²) in [5, 5.41) is 2.98. The number of halogens is 1. The van der Waals surface area contributed by atoms with Gasteiger partial charge in [-0.25, -0.2) is 14.4 Å². The van der Waals surface area contributed by atoms with E-state index in [2.05, 4.69) is 20.2 Å². The highest BCUT2D eigenvalue weighted by Gasteiger charge is 2.26. The van der Waals surface area contributed by atoms with Crippen molar-refractivity contribution in [1.29, 1.82) is 0 Å². The van der Waals surface area contributed by atoms with Gasteiger partial charge in [-0.15, -0.1) is 0 Å². The maximum Gasteiger partial charge on any atom is 0.225 e. The molecule has 0 aliphatic carbocycles. The fourth-order valence-electron chi connectivity index (χ4n) is 3.22. The molecular weight excluding hydrogens is 347 g/mol. The van der Waals surface area contributed by atoms with Gasteiger partial charge in [0.2, 0.25) is 11.9 Å². The number of amides is 1. The Bertz CT molecular complexity index is 737. The first-order valence-corrected chi connectivity index (χ1v) is 9.27. The molecule has 1 fully saturated rings. The third-order valence-electron chi connectivity index (χ3n) is 4.72. The van der Waals surface area contributed by atoms with E-state index >= 15 is 0 Å². The molecule has 7 heteroatoms. The van der Waals surface area contributed by atoms with Crippen LogP contribution in [-0.4, -0.2) is 49.2 Å². The van der Waals surface area contributed by atoms with E-state index in [1.165, 1.54) is 12.1 Å². The van der Waals surface area contributed by atoms with Gasteiger partial charge in [0.1, 0.15) is 5.82 Å². The van der Waals surface area contributed by atoms with Crippen molar-refractivity contribution in [3.8, 4) is 11.1 Å². The number of nitrogens with zero attached hydrogens (tertiary/aromatic N) is 3. The van der Waals surface area contributed by atoms with E-state index < -0.39 is 0 Å². The predicted molar refractivity (Wildman–Crippen MR) is 102 cm³/mol. The number of benzene rings is 1. The SMILES string of the molecule is COCCCNC(=O)[C@@H]1CCCN(c2ncc(-c3ccc(F)cc3)cn2)C1. The van der Waals surface area contributed by atoms with Gasteiger partial charge in [-0.3, -0.25) is 4.79 Å². The highest BCUT2D eigenvalue weighted by atomic mass is 19.1. The van der Waals surface area contributed by atoms with Gasteiger partial charge in [-0.05, 0) is 37.0 Å². The van der Waals surface area contributed by atoms with Crippen molar-refractivity contribution in [2.45, 2.75) is 19.3 Å². The summed E-state index contributed by atoms with van der Waals surface area (Å²) in [6.45, 7) is 2.73. The Kier molecular flexibility index (Phi) is 6.70. The second-order valence-corrected chi connectivity index (χ2v) is 6.70. The van der Waals surface area contributed by atoms with Crippen LogP contribution in [0.5, 0.6) is 0 Å². The smallest absolute Gasteiger partial charge is 0.225 e. The lowest BCUT2D eigenvalue weighted by atomic mass is 9.97. The van der Waals surface area contributed by atoms with Crippen molar-refractivity contribution in [1.82, 2.24) is 15.3 Å². The number of carbonyl (C=O) groups is 1. The molecule has 0 saturated carbocycles. The molecule has 1 aliphatic heterocycles. The summed E-state index contributed by atoms with van der Waals surface area (Å²) in [7, 11) is 1.65. The van der Waals surface area contributed by atoms with Crippen LogP contribution in [0.2, 0.25) is 0 Å². The minimum Gasteiger partial charge on any atom is -0.385 e. The zero-order valence-electron chi connectivity index (χ0n) is 15.5. The molecule has 0 radical (unpaired) electrons. The van der Waals surface area contributed by atoms with E-state index in [1.807, 2.05) is 0 Å². The molecule has 3 rings (SSSR count). The number of nitrogens with one attached hydrogen (secondary N) is 1. The third-order valence-corrected chi connectivity index (χ3v) is 4.72. The number of anilines is 1. The largest absolute Gasteiger partial charge is 0.385 e. The van der Waals surface area contributed by atoms with Crippen LogP contribution in [0.4, 0.5) is 10.3 Å². The van der Waals surface area contributed by atoms with Gasteiger partial charge in [0.05, 0.1) is 5.92 Å². The van der Waals surface area contributed by atoms with Gasteiger partial charge in [0.15, 0.2) is 0 Å². The van der Waals surface area contributed by atoms with Crippen molar-refractivity contribution in [2.75, 3.05) is 38.3 Å². The third kappa shape index (κ3) is 5.23. The molecular formula is C20H25FN4O2. The maximum atomic E-state index is 13.1. The van der Waals surface area contributed by atoms with Crippen molar-refractivity contribution >= 4 is 11.9 Å². The van der Waals surface area contributed by atoms with Gasteiger partial charge in [0.25, 0.3) is 0 Å². The monoisotopic (exact) mass is 372 g/mol. The van der Waals surface area contributed by atoms with Crippen LogP contribution in [0.15, 0.2) is 36.7 Å². The normalized spacial score (nSPS) is 17.0. The molecule has 1 aromatic carbocycles. The molecule has 1 atom stereocenters. The minimum atomic E-state index is -0.267. The molecule has 1 N–H and O–H groups in total. The molecule has 0 spiro atoms. The summed E-state index contributed by atoms with van der Waals surface area (Å²) in [6.07, 6.45) is 6.10. The molecule has 2 aromatic rings. The molecule has 1 saturated heterocycles. The van der Waals surface area contributed by atoms with E-state index in [0.29, 0.717) is 25.6 Å². The molecule has 6 nitrogen and oxygen atoms in total. The first kappa shape index (κ1) is 19.2.